The Balaban J connectivity index is 2.02. The molecule has 0 amide bonds. The van der Waals surface area contributed by atoms with E-state index in [-0.39, 0.29) is 24.4 Å². The summed E-state index contributed by atoms with van der Waals surface area (Å²) >= 11 is 0. The zero-order valence-corrected chi connectivity index (χ0v) is 13.8. The van der Waals surface area contributed by atoms with E-state index in [2.05, 4.69) is 10.4 Å². The van der Waals surface area contributed by atoms with Gasteiger partial charge in [-0.2, -0.15) is 18.3 Å². The second kappa shape index (κ2) is 6.42. The second-order valence-electron chi connectivity index (χ2n) is 5.97. The Morgan fingerprint density at radius 1 is 1.36 bits per heavy atom. The lowest BCUT2D eigenvalue weighted by Gasteiger charge is -2.34. The molecule has 0 radical (unpaired) electrons. The van der Waals surface area contributed by atoms with E-state index in [1.54, 1.807) is 19.1 Å². The Hall–Kier alpha value is -2.51. The van der Waals surface area contributed by atoms with Crippen LogP contribution in [-0.4, -0.2) is 28.5 Å². The van der Waals surface area contributed by atoms with Gasteiger partial charge in [0.1, 0.15) is 11.4 Å². The van der Waals surface area contributed by atoms with Crippen molar-refractivity contribution < 1.29 is 22.7 Å². The van der Waals surface area contributed by atoms with Gasteiger partial charge >= 0.3 is 12.1 Å². The third-order valence-corrected chi connectivity index (χ3v) is 4.21. The van der Waals surface area contributed by atoms with Gasteiger partial charge in [-0.05, 0) is 19.4 Å². The Labute approximate surface area is 142 Å². The van der Waals surface area contributed by atoms with Crippen LogP contribution in [0.25, 0.3) is 0 Å². The van der Waals surface area contributed by atoms with Crippen molar-refractivity contribution in [3.05, 3.63) is 47.2 Å². The Bertz CT molecular complexity index is 768. The van der Waals surface area contributed by atoms with Crippen LogP contribution >= 0.6 is 0 Å². The number of nitrogens with one attached hydrogen (secondary N) is 1. The molecule has 0 aliphatic carbocycles. The van der Waals surface area contributed by atoms with Crippen molar-refractivity contribution in [1.29, 1.82) is 0 Å². The molecule has 1 aromatic carbocycles. The van der Waals surface area contributed by atoms with Crippen molar-refractivity contribution in [2.24, 2.45) is 0 Å². The number of nitrogens with zero attached hydrogens (tertiary/aromatic N) is 2. The van der Waals surface area contributed by atoms with Crippen LogP contribution in [0.5, 0.6) is 0 Å². The summed E-state index contributed by atoms with van der Waals surface area (Å²) in [5, 5.41) is 6.81. The molecule has 1 aliphatic rings. The minimum atomic E-state index is -4.47. The fraction of sp³-hybridized carbons (Fsp3) is 0.412. The number of carbonyl (C=O) groups is 1. The molecule has 2 heterocycles. The van der Waals surface area contributed by atoms with Crippen molar-refractivity contribution >= 4 is 11.8 Å². The van der Waals surface area contributed by atoms with Crippen molar-refractivity contribution in [3.8, 4) is 0 Å². The van der Waals surface area contributed by atoms with Gasteiger partial charge in [-0.25, -0.2) is 9.48 Å². The number of fused-ring (bicyclic) bond motifs is 1. The lowest BCUT2D eigenvalue weighted by atomic mass is 9.96. The number of benzene rings is 1. The number of hydrogen-bond donors (Lipinski definition) is 1. The van der Waals surface area contributed by atoms with E-state index < -0.39 is 24.2 Å². The second-order valence-corrected chi connectivity index (χ2v) is 5.97. The molecule has 3 rings (SSSR count). The highest BCUT2D eigenvalue weighted by molar-refractivity contribution is 5.94. The van der Waals surface area contributed by atoms with Crippen LogP contribution in [0.2, 0.25) is 0 Å². The van der Waals surface area contributed by atoms with E-state index >= 15 is 0 Å². The third-order valence-electron chi connectivity index (χ3n) is 4.21. The smallest absolute Gasteiger partial charge is 0.410 e. The number of aryl methyl sites for hydroxylation is 1. The summed E-state index contributed by atoms with van der Waals surface area (Å²) in [5.74, 6) is -0.653. The third kappa shape index (κ3) is 3.33. The van der Waals surface area contributed by atoms with Crippen molar-refractivity contribution in [2.45, 2.75) is 38.5 Å². The number of carbonyl (C=O) groups excluding carboxylic acids is 1. The first-order chi connectivity index (χ1) is 11.8. The quantitative estimate of drug-likeness (QED) is 0.847. The maximum absolute atomic E-state index is 13.5. The predicted octanol–water partition coefficient (Wildman–Crippen LogP) is 4.03. The molecule has 1 N–H and O–H groups in total. The molecule has 0 saturated carbocycles. The van der Waals surface area contributed by atoms with E-state index in [1.807, 2.05) is 19.1 Å². The molecular formula is C17H18F3N3O2. The SMILES string of the molecule is CCOC(=O)c1cnn2c1N[C@@H](c1ccc(C)cc1)C[C@H]2C(F)(F)F. The van der Waals surface area contributed by atoms with Crippen LogP contribution in [0.1, 0.15) is 46.9 Å². The summed E-state index contributed by atoms with van der Waals surface area (Å²) in [4.78, 5) is 12.0. The van der Waals surface area contributed by atoms with Crippen LogP contribution in [-0.2, 0) is 4.74 Å². The number of ether oxygens (including phenoxy) is 1. The average Bonchev–Trinajstić information content (AvgIpc) is 2.97. The Morgan fingerprint density at radius 2 is 2.04 bits per heavy atom. The van der Waals surface area contributed by atoms with Crippen LogP contribution in [0, 0.1) is 6.92 Å². The fourth-order valence-electron chi connectivity index (χ4n) is 2.94. The predicted molar refractivity (Wildman–Crippen MR) is 85.4 cm³/mol. The minimum absolute atomic E-state index is 0.00733. The van der Waals surface area contributed by atoms with Gasteiger partial charge in [0.25, 0.3) is 0 Å². The number of alkyl halides is 3. The summed E-state index contributed by atoms with van der Waals surface area (Å²) in [5.41, 5.74) is 1.75. The molecule has 0 unspecified atom stereocenters. The number of anilines is 1. The van der Waals surface area contributed by atoms with Gasteiger partial charge < -0.3 is 10.1 Å². The molecule has 0 spiro atoms. The maximum atomic E-state index is 13.5. The van der Waals surface area contributed by atoms with E-state index in [4.69, 9.17) is 4.74 Å². The topological polar surface area (TPSA) is 56.1 Å². The van der Waals surface area contributed by atoms with Gasteiger partial charge in [-0.3, -0.25) is 0 Å². The monoisotopic (exact) mass is 353 g/mol. The van der Waals surface area contributed by atoms with E-state index in [0.717, 1.165) is 22.0 Å². The van der Waals surface area contributed by atoms with E-state index in [0.29, 0.717) is 0 Å². The highest BCUT2D eigenvalue weighted by atomic mass is 19.4. The Morgan fingerprint density at radius 3 is 2.64 bits per heavy atom. The van der Waals surface area contributed by atoms with Crippen molar-refractivity contribution in [2.75, 3.05) is 11.9 Å². The normalized spacial score (nSPS) is 19.9. The Kier molecular flexibility index (Phi) is 4.45. The summed E-state index contributed by atoms with van der Waals surface area (Å²) in [7, 11) is 0. The highest BCUT2D eigenvalue weighted by Gasteiger charge is 2.47. The number of rotatable bonds is 3. The van der Waals surface area contributed by atoms with Gasteiger partial charge in [-0.15, -0.1) is 0 Å². The van der Waals surface area contributed by atoms with Gasteiger partial charge in [0.15, 0.2) is 6.04 Å². The zero-order valence-electron chi connectivity index (χ0n) is 13.8. The molecule has 0 fully saturated rings. The molecule has 0 saturated heterocycles. The van der Waals surface area contributed by atoms with Crippen molar-refractivity contribution in [1.82, 2.24) is 9.78 Å². The van der Waals surface area contributed by atoms with Crippen LogP contribution < -0.4 is 5.32 Å². The number of esters is 1. The molecule has 2 aromatic rings. The lowest BCUT2D eigenvalue weighted by Crippen LogP contribution is -2.36. The summed E-state index contributed by atoms with van der Waals surface area (Å²) in [6.07, 6.45) is -3.56. The minimum Gasteiger partial charge on any atom is -0.462 e. The molecular weight excluding hydrogens is 335 g/mol. The maximum Gasteiger partial charge on any atom is 0.410 e. The molecule has 134 valence electrons. The zero-order chi connectivity index (χ0) is 18.2. The molecule has 1 aromatic heterocycles. The highest BCUT2D eigenvalue weighted by Crippen LogP contribution is 2.44. The molecule has 0 bridgehead atoms. The lowest BCUT2D eigenvalue weighted by molar-refractivity contribution is -0.173. The van der Waals surface area contributed by atoms with Crippen molar-refractivity contribution in [3.63, 3.8) is 0 Å². The molecule has 2 atom stereocenters. The molecule has 5 nitrogen and oxygen atoms in total. The van der Waals surface area contributed by atoms with Gasteiger partial charge in [0.2, 0.25) is 0 Å². The molecule has 1 aliphatic heterocycles. The van der Waals surface area contributed by atoms with Gasteiger partial charge in [-0.1, -0.05) is 29.8 Å². The van der Waals surface area contributed by atoms with Crippen LogP contribution in [0.3, 0.4) is 0 Å². The summed E-state index contributed by atoms with van der Waals surface area (Å²) in [6, 6.07) is 4.88. The van der Waals surface area contributed by atoms with Crippen LogP contribution in [0.4, 0.5) is 19.0 Å². The number of aromatic nitrogens is 2. The summed E-state index contributed by atoms with van der Waals surface area (Å²) in [6.45, 7) is 3.67. The largest absolute Gasteiger partial charge is 0.462 e. The molecule has 8 heteroatoms. The summed E-state index contributed by atoms with van der Waals surface area (Å²) < 4.78 is 46.3. The van der Waals surface area contributed by atoms with Gasteiger partial charge in [0, 0.05) is 6.42 Å². The first-order valence-corrected chi connectivity index (χ1v) is 7.95. The first-order valence-electron chi connectivity index (χ1n) is 7.95. The molecule has 25 heavy (non-hydrogen) atoms. The number of halogens is 3. The van der Waals surface area contributed by atoms with Gasteiger partial charge in [0.05, 0.1) is 18.8 Å². The van der Waals surface area contributed by atoms with E-state index in [1.165, 1.54) is 0 Å². The first kappa shape index (κ1) is 17.3. The average molecular weight is 353 g/mol. The standard InChI is InChI=1S/C17H18F3N3O2/c1-3-25-16(24)12-9-21-23-14(17(18,19)20)8-13(22-15(12)23)11-6-4-10(2)5-7-11/h4-7,9,13-14,22H,3,8H2,1-2H3/t13-,14+/m1/s1. The van der Waals surface area contributed by atoms with E-state index in [9.17, 15) is 18.0 Å². The van der Waals surface area contributed by atoms with Crippen LogP contribution in [0.15, 0.2) is 30.5 Å². The fourth-order valence-corrected chi connectivity index (χ4v) is 2.94. The number of hydrogen-bond acceptors (Lipinski definition) is 4.